The number of halogens is 2. The van der Waals surface area contributed by atoms with Crippen LogP contribution in [0.3, 0.4) is 0 Å². The van der Waals surface area contributed by atoms with Gasteiger partial charge in [-0.2, -0.15) is 4.98 Å². The zero-order chi connectivity index (χ0) is 11.5. The van der Waals surface area contributed by atoms with Gasteiger partial charge in [-0.25, -0.2) is 9.37 Å². The normalized spacial score (nSPS) is 10.1. The van der Waals surface area contributed by atoms with Crippen molar-refractivity contribution in [3.63, 3.8) is 0 Å². The van der Waals surface area contributed by atoms with Crippen LogP contribution in [-0.4, -0.2) is 9.97 Å². The Balaban J connectivity index is 2.27. The molecular weight excluding hydrogens is 322 g/mol. The van der Waals surface area contributed by atoms with Crippen LogP contribution in [0.5, 0.6) is 0 Å². The number of nitrogens with zero attached hydrogens (tertiary/aromatic N) is 2. The molecule has 1 aromatic heterocycles. The Morgan fingerprint density at radius 2 is 2.12 bits per heavy atom. The Bertz CT molecular complexity index is 518. The zero-order valence-electron chi connectivity index (χ0n) is 8.11. The molecule has 0 aliphatic rings. The van der Waals surface area contributed by atoms with Gasteiger partial charge < -0.3 is 11.1 Å². The zero-order valence-corrected chi connectivity index (χ0v) is 10.3. The third-order valence-electron chi connectivity index (χ3n) is 1.87. The number of benzene rings is 1. The maximum atomic E-state index is 12.9. The van der Waals surface area contributed by atoms with E-state index in [9.17, 15) is 4.39 Å². The molecule has 0 fully saturated rings. The van der Waals surface area contributed by atoms with Gasteiger partial charge in [-0.1, -0.05) is 0 Å². The molecule has 2 aromatic rings. The number of nitrogens with one attached hydrogen (secondary N) is 1. The van der Waals surface area contributed by atoms with Gasteiger partial charge in [0.2, 0.25) is 5.95 Å². The topological polar surface area (TPSA) is 63.8 Å². The molecule has 0 saturated heterocycles. The number of anilines is 3. The van der Waals surface area contributed by atoms with Crippen molar-refractivity contribution in [1.29, 1.82) is 0 Å². The molecule has 82 valence electrons. The lowest BCUT2D eigenvalue weighted by atomic mass is 10.3. The third kappa shape index (κ3) is 2.57. The average molecular weight is 330 g/mol. The van der Waals surface area contributed by atoms with Gasteiger partial charge >= 0.3 is 0 Å². The smallest absolute Gasteiger partial charge is 0.221 e. The fourth-order valence-corrected chi connectivity index (χ4v) is 1.78. The van der Waals surface area contributed by atoms with Crippen molar-refractivity contribution in [3.8, 4) is 0 Å². The summed E-state index contributed by atoms with van der Waals surface area (Å²) < 4.78 is 13.6. The molecule has 6 heteroatoms. The van der Waals surface area contributed by atoms with E-state index in [2.05, 4.69) is 15.3 Å². The summed E-state index contributed by atoms with van der Waals surface area (Å²) in [6.45, 7) is 0. The summed E-state index contributed by atoms with van der Waals surface area (Å²) in [5.41, 5.74) is 6.23. The van der Waals surface area contributed by atoms with E-state index < -0.39 is 0 Å². The van der Waals surface area contributed by atoms with Crippen molar-refractivity contribution < 1.29 is 4.39 Å². The van der Waals surface area contributed by atoms with E-state index in [1.54, 1.807) is 18.3 Å². The Morgan fingerprint density at radius 3 is 2.81 bits per heavy atom. The molecule has 16 heavy (non-hydrogen) atoms. The number of nitrogens with two attached hydrogens (primary N) is 1. The minimum absolute atomic E-state index is 0.196. The van der Waals surface area contributed by atoms with Gasteiger partial charge in [0.25, 0.3) is 0 Å². The van der Waals surface area contributed by atoms with Crippen molar-refractivity contribution in [1.82, 2.24) is 9.97 Å². The van der Waals surface area contributed by atoms with Crippen LogP contribution in [-0.2, 0) is 0 Å². The Morgan fingerprint density at radius 1 is 1.31 bits per heavy atom. The molecule has 1 heterocycles. The summed E-state index contributed by atoms with van der Waals surface area (Å²) >= 11 is 2.04. The van der Waals surface area contributed by atoms with Gasteiger partial charge in [0.15, 0.2) is 0 Å². The van der Waals surface area contributed by atoms with Crippen molar-refractivity contribution in [2.45, 2.75) is 0 Å². The van der Waals surface area contributed by atoms with E-state index in [1.807, 2.05) is 22.6 Å². The second kappa shape index (κ2) is 4.60. The predicted molar refractivity (Wildman–Crippen MR) is 68.8 cm³/mol. The minimum atomic E-state index is -0.267. The van der Waals surface area contributed by atoms with Crippen molar-refractivity contribution in [2.24, 2.45) is 0 Å². The first-order valence-electron chi connectivity index (χ1n) is 4.46. The van der Waals surface area contributed by atoms with Crippen LogP contribution in [0, 0.1) is 9.39 Å². The average Bonchev–Trinajstić information content (AvgIpc) is 2.22. The molecule has 0 amide bonds. The summed E-state index contributed by atoms with van der Waals surface area (Å²) in [4.78, 5) is 7.77. The molecular formula is C10H8FIN4. The van der Waals surface area contributed by atoms with Gasteiger partial charge in [-0.3, -0.25) is 0 Å². The molecule has 1 aromatic carbocycles. The van der Waals surface area contributed by atoms with Crippen molar-refractivity contribution in [3.05, 3.63) is 39.8 Å². The first-order chi connectivity index (χ1) is 7.65. The Labute approximate surface area is 105 Å². The predicted octanol–water partition coefficient (Wildman–Crippen LogP) is 2.55. The van der Waals surface area contributed by atoms with Crippen LogP contribution in [0.1, 0.15) is 0 Å². The molecule has 0 aliphatic carbocycles. The maximum Gasteiger partial charge on any atom is 0.221 e. The molecule has 0 radical (unpaired) electrons. The highest BCUT2D eigenvalue weighted by molar-refractivity contribution is 14.1. The van der Waals surface area contributed by atoms with E-state index >= 15 is 0 Å². The fourth-order valence-electron chi connectivity index (χ4n) is 1.17. The monoisotopic (exact) mass is 330 g/mol. The fraction of sp³-hybridized carbons (Fsp3) is 0. The molecule has 0 unspecified atom stereocenters. The highest BCUT2D eigenvalue weighted by Gasteiger charge is 2.02. The van der Waals surface area contributed by atoms with Crippen LogP contribution in [0.15, 0.2) is 30.5 Å². The van der Waals surface area contributed by atoms with Crippen molar-refractivity contribution in [2.75, 3.05) is 11.1 Å². The number of hydrogen-bond donors (Lipinski definition) is 2. The number of hydrogen-bond acceptors (Lipinski definition) is 4. The lowest BCUT2D eigenvalue weighted by Gasteiger charge is -2.07. The van der Waals surface area contributed by atoms with Crippen molar-refractivity contribution >= 4 is 40.0 Å². The summed E-state index contributed by atoms with van der Waals surface area (Å²) in [6, 6.07) is 6.16. The quantitative estimate of drug-likeness (QED) is 0.831. The van der Waals surface area contributed by atoms with Crippen LogP contribution < -0.4 is 11.1 Å². The van der Waals surface area contributed by atoms with E-state index in [-0.39, 0.29) is 11.8 Å². The molecule has 3 N–H and O–H groups in total. The van der Waals surface area contributed by atoms with E-state index in [0.717, 1.165) is 9.26 Å². The summed E-state index contributed by atoms with van der Waals surface area (Å²) in [5, 5.41) is 3.03. The van der Waals surface area contributed by atoms with E-state index in [4.69, 9.17) is 5.73 Å². The highest BCUT2D eigenvalue weighted by atomic mass is 127. The number of aromatic nitrogens is 2. The van der Waals surface area contributed by atoms with E-state index in [1.165, 1.54) is 12.1 Å². The highest BCUT2D eigenvalue weighted by Crippen LogP contribution is 2.22. The molecule has 4 nitrogen and oxygen atoms in total. The minimum Gasteiger partial charge on any atom is -0.368 e. The van der Waals surface area contributed by atoms with Gasteiger partial charge in [0.05, 0.1) is 5.69 Å². The summed E-state index contributed by atoms with van der Waals surface area (Å²) in [6.07, 6.45) is 1.56. The van der Waals surface area contributed by atoms with Gasteiger partial charge in [-0.15, -0.1) is 0 Å². The number of nitrogen functional groups attached to an aromatic ring is 1. The standard InChI is InChI=1S/C10H8FIN4/c11-6-1-2-8(7(12)5-6)15-9-3-4-14-10(13)16-9/h1-5H,(H3,13,14,15,16). The Kier molecular flexibility index (Phi) is 3.18. The lowest BCUT2D eigenvalue weighted by molar-refractivity contribution is 0.627. The van der Waals surface area contributed by atoms with Gasteiger partial charge in [0, 0.05) is 9.77 Å². The van der Waals surface area contributed by atoms with Crippen LogP contribution in [0.2, 0.25) is 0 Å². The first kappa shape index (κ1) is 11.1. The molecule has 0 saturated carbocycles. The molecule has 0 atom stereocenters. The van der Waals surface area contributed by atoms with Crippen LogP contribution in [0.4, 0.5) is 21.8 Å². The second-order valence-electron chi connectivity index (χ2n) is 3.05. The Hall–Kier alpha value is -1.44. The SMILES string of the molecule is Nc1nccc(Nc2ccc(F)cc2I)n1. The van der Waals surface area contributed by atoms with Crippen LogP contribution >= 0.6 is 22.6 Å². The summed E-state index contributed by atoms with van der Waals surface area (Å²) in [5.74, 6) is 0.510. The maximum absolute atomic E-state index is 12.9. The first-order valence-corrected chi connectivity index (χ1v) is 5.53. The molecule has 2 rings (SSSR count). The van der Waals surface area contributed by atoms with Gasteiger partial charge in [-0.05, 0) is 46.9 Å². The largest absolute Gasteiger partial charge is 0.368 e. The molecule has 0 spiro atoms. The molecule has 0 bridgehead atoms. The van der Waals surface area contributed by atoms with Crippen LogP contribution in [0.25, 0.3) is 0 Å². The lowest BCUT2D eigenvalue weighted by Crippen LogP contribution is -2.00. The van der Waals surface area contributed by atoms with Gasteiger partial charge in [0.1, 0.15) is 11.6 Å². The second-order valence-corrected chi connectivity index (χ2v) is 4.21. The number of rotatable bonds is 2. The summed E-state index contributed by atoms with van der Waals surface area (Å²) in [7, 11) is 0. The van der Waals surface area contributed by atoms with E-state index in [0.29, 0.717) is 5.82 Å². The molecule has 0 aliphatic heterocycles. The third-order valence-corrected chi connectivity index (χ3v) is 2.76.